The Bertz CT molecular complexity index is 502. The normalized spacial score (nSPS) is 26.6. The SMILES string of the molecule is CN=C(NCCCOCC1CCOC1)NC1CCN(C(=O)C2CCCCC2)C1. The van der Waals surface area contributed by atoms with E-state index in [-0.39, 0.29) is 12.0 Å². The molecule has 2 saturated heterocycles. The molecule has 3 rings (SSSR count). The molecular formula is C21H38N4O3. The fourth-order valence-corrected chi connectivity index (χ4v) is 4.42. The Hall–Kier alpha value is -1.34. The Morgan fingerprint density at radius 1 is 1.21 bits per heavy atom. The molecule has 3 fully saturated rings. The number of ether oxygens (including phenoxy) is 2. The van der Waals surface area contributed by atoms with Gasteiger partial charge in [-0.05, 0) is 32.1 Å². The number of hydrogen-bond acceptors (Lipinski definition) is 4. The summed E-state index contributed by atoms with van der Waals surface area (Å²) in [7, 11) is 1.80. The van der Waals surface area contributed by atoms with Crippen molar-refractivity contribution in [2.75, 3.05) is 53.1 Å². The molecule has 2 N–H and O–H groups in total. The molecule has 0 aromatic carbocycles. The number of guanidine groups is 1. The van der Waals surface area contributed by atoms with E-state index in [4.69, 9.17) is 9.47 Å². The van der Waals surface area contributed by atoms with Crippen LogP contribution in [0.3, 0.4) is 0 Å². The number of hydrogen-bond donors (Lipinski definition) is 2. The summed E-state index contributed by atoms with van der Waals surface area (Å²) in [5, 5.41) is 6.84. The summed E-state index contributed by atoms with van der Waals surface area (Å²) in [5.41, 5.74) is 0. The van der Waals surface area contributed by atoms with Crippen LogP contribution in [0.2, 0.25) is 0 Å². The highest BCUT2D eigenvalue weighted by atomic mass is 16.5. The van der Waals surface area contributed by atoms with E-state index in [0.29, 0.717) is 11.8 Å². The number of carbonyl (C=O) groups excluding carboxylic acids is 1. The summed E-state index contributed by atoms with van der Waals surface area (Å²) < 4.78 is 11.1. The van der Waals surface area contributed by atoms with Gasteiger partial charge < -0.3 is 25.0 Å². The molecule has 0 spiro atoms. The Balaban J connectivity index is 1.27. The lowest BCUT2D eigenvalue weighted by Crippen LogP contribution is -2.45. The van der Waals surface area contributed by atoms with Gasteiger partial charge in [0.15, 0.2) is 5.96 Å². The third-order valence-corrected chi connectivity index (χ3v) is 6.15. The van der Waals surface area contributed by atoms with Gasteiger partial charge in [-0.1, -0.05) is 19.3 Å². The first-order valence-electron chi connectivity index (χ1n) is 11.2. The van der Waals surface area contributed by atoms with Gasteiger partial charge in [-0.15, -0.1) is 0 Å². The van der Waals surface area contributed by atoms with E-state index in [1.54, 1.807) is 7.05 Å². The number of rotatable bonds is 8. The Morgan fingerprint density at radius 2 is 2.07 bits per heavy atom. The van der Waals surface area contributed by atoms with Crippen LogP contribution in [-0.2, 0) is 14.3 Å². The van der Waals surface area contributed by atoms with Crippen molar-refractivity contribution in [3.8, 4) is 0 Å². The van der Waals surface area contributed by atoms with Crippen LogP contribution >= 0.6 is 0 Å². The predicted molar refractivity (Wildman–Crippen MR) is 110 cm³/mol. The van der Waals surface area contributed by atoms with Gasteiger partial charge in [0.25, 0.3) is 0 Å². The lowest BCUT2D eigenvalue weighted by Gasteiger charge is -2.26. The van der Waals surface area contributed by atoms with Gasteiger partial charge in [0.05, 0.1) is 13.2 Å². The fraction of sp³-hybridized carbons (Fsp3) is 0.905. The summed E-state index contributed by atoms with van der Waals surface area (Å²) in [5.74, 6) is 2.03. The topological polar surface area (TPSA) is 75.2 Å². The van der Waals surface area contributed by atoms with E-state index in [1.165, 1.54) is 19.3 Å². The minimum absolute atomic E-state index is 0.265. The van der Waals surface area contributed by atoms with Crippen LogP contribution in [0.15, 0.2) is 4.99 Å². The van der Waals surface area contributed by atoms with Crippen molar-refractivity contribution in [1.82, 2.24) is 15.5 Å². The van der Waals surface area contributed by atoms with Gasteiger partial charge in [0.1, 0.15) is 0 Å². The quantitative estimate of drug-likeness (QED) is 0.373. The molecule has 1 saturated carbocycles. The Kier molecular flexibility index (Phi) is 8.86. The molecule has 28 heavy (non-hydrogen) atoms. The minimum atomic E-state index is 0.265. The summed E-state index contributed by atoms with van der Waals surface area (Å²) in [4.78, 5) is 19.1. The smallest absolute Gasteiger partial charge is 0.225 e. The molecule has 1 amide bonds. The third-order valence-electron chi connectivity index (χ3n) is 6.15. The van der Waals surface area contributed by atoms with Crippen molar-refractivity contribution < 1.29 is 14.3 Å². The summed E-state index contributed by atoms with van der Waals surface area (Å²) >= 11 is 0. The predicted octanol–water partition coefficient (Wildman–Crippen LogP) is 1.78. The molecule has 0 radical (unpaired) electrons. The minimum Gasteiger partial charge on any atom is -0.381 e. The van der Waals surface area contributed by atoms with Crippen molar-refractivity contribution in [3.05, 3.63) is 0 Å². The first-order valence-corrected chi connectivity index (χ1v) is 11.2. The molecule has 2 unspecified atom stereocenters. The molecule has 7 heteroatoms. The third kappa shape index (κ3) is 6.62. The zero-order valence-electron chi connectivity index (χ0n) is 17.5. The zero-order chi connectivity index (χ0) is 19.6. The van der Waals surface area contributed by atoms with E-state index in [0.717, 1.165) is 84.1 Å². The number of likely N-dealkylation sites (tertiary alicyclic amines) is 1. The van der Waals surface area contributed by atoms with Crippen LogP contribution in [0.4, 0.5) is 0 Å². The first kappa shape index (κ1) is 21.4. The molecule has 160 valence electrons. The average molecular weight is 395 g/mol. The maximum absolute atomic E-state index is 12.7. The molecule has 0 bridgehead atoms. The van der Waals surface area contributed by atoms with Crippen LogP contribution < -0.4 is 10.6 Å². The van der Waals surface area contributed by atoms with Gasteiger partial charge >= 0.3 is 0 Å². The molecule has 2 atom stereocenters. The van der Waals surface area contributed by atoms with Crippen molar-refractivity contribution in [1.29, 1.82) is 0 Å². The highest BCUT2D eigenvalue weighted by molar-refractivity contribution is 5.81. The lowest BCUT2D eigenvalue weighted by atomic mass is 9.88. The van der Waals surface area contributed by atoms with Crippen molar-refractivity contribution in [3.63, 3.8) is 0 Å². The van der Waals surface area contributed by atoms with Gasteiger partial charge in [0.2, 0.25) is 5.91 Å². The van der Waals surface area contributed by atoms with Crippen LogP contribution in [0.5, 0.6) is 0 Å². The summed E-state index contributed by atoms with van der Waals surface area (Å²) in [6.07, 6.45) is 8.92. The van der Waals surface area contributed by atoms with Crippen molar-refractivity contribution >= 4 is 11.9 Å². The molecule has 0 aromatic heterocycles. The summed E-state index contributed by atoms with van der Waals surface area (Å²) in [6.45, 7) is 5.77. The summed E-state index contributed by atoms with van der Waals surface area (Å²) in [6, 6.07) is 0.289. The average Bonchev–Trinajstić information content (AvgIpc) is 3.42. The molecule has 3 aliphatic rings. The van der Waals surface area contributed by atoms with Gasteiger partial charge in [-0.25, -0.2) is 0 Å². The monoisotopic (exact) mass is 394 g/mol. The number of aliphatic imine (C=N–C) groups is 1. The lowest BCUT2D eigenvalue weighted by molar-refractivity contribution is -0.135. The van der Waals surface area contributed by atoms with E-state index in [1.807, 2.05) is 0 Å². The number of nitrogens with one attached hydrogen (secondary N) is 2. The largest absolute Gasteiger partial charge is 0.381 e. The van der Waals surface area contributed by atoms with Crippen LogP contribution in [-0.4, -0.2) is 75.9 Å². The second-order valence-electron chi connectivity index (χ2n) is 8.41. The molecule has 7 nitrogen and oxygen atoms in total. The second kappa shape index (κ2) is 11.6. The van der Waals surface area contributed by atoms with E-state index >= 15 is 0 Å². The zero-order valence-corrected chi connectivity index (χ0v) is 17.5. The standard InChI is InChI=1S/C21H38N4O3/c1-22-21(23-10-5-12-27-15-17-9-13-28-16-17)24-19-8-11-25(14-19)20(26)18-6-3-2-4-7-18/h17-19H,2-16H2,1H3,(H2,22,23,24). The number of carbonyl (C=O) groups is 1. The molecule has 1 aliphatic carbocycles. The van der Waals surface area contributed by atoms with Crippen LogP contribution in [0, 0.1) is 11.8 Å². The maximum atomic E-state index is 12.7. The Labute approximate surface area is 169 Å². The van der Waals surface area contributed by atoms with E-state index in [2.05, 4.69) is 20.5 Å². The van der Waals surface area contributed by atoms with Crippen LogP contribution in [0.25, 0.3) is 0 Å². The van der Waals surface area contributed by atoms with Crippen LogP contribution in [0.1, 0.15) is 51.4 Å². The number of amides is 1. The number of nitrogens with zero attached hydrogens (tertiary/aromatic N) is 2. The molecule has 2 heterocycles. The second-order valence-corrected chi connectivity index (χ2v) is 8.41. The van der Waals surface area contributed by atoms with E-state index in [9.17, 15) is 4.79 Å². The maximum Gasteiger partial charge on any atom is 0.225 e. The molecular weight excluding hydrogens is 356 g/mol. The van der Waals surface area contributed by atoms with Gasteiger partial charge in [-0.3, -0.25) is 9.79 Å². The molecule has 0 aromatic rings. The molecule has 2 aliphatic heterocycles. The highest BCUT2D eigenvalue weighted by Gasteiger charge is 2.31. The Morgan fingerprint density at radius 3 is 2.82 bits per heavy atom. The fourth-order valence-electron chi connectivity index (χ4n) is 4.42. The van der Waals surface area contributed by atoms with Gasteiger partial charge in [-0.2, -0.15) is 0 Å². The first-order chi connectivity index (χ1) is 13.8. The van der Waals surface area contributed by atoms with Crippen molar-refractivity contribution in [2.24, 2.45) is 16.8 Å². The highest BCUT2D eigenvalue weighted by Crippen LogP contribution is 2.26. The van der Waals surface area contributed by atoms with Gasteiger partial charge in [0, 0.05) is 57.8 Å². The van der Waals surface area contributed by atoms with E-state index < -0.39 is 0 Å². The van der Waals surface area contributed by atoms with Crippen molar-refractivity contribution in [2.45, 2.75) is 57.4 Å².